The van der Waals surface area contributed by atoms with Crippen molar-refractivity contribution in [1.82, 2.24) is 14.5 Å². The molecule has 6 heteroatoms. The summed E-state index contributed by atoms with van der Waals surface area (Å²) in [5.74, 6) is 0.935. The van der Waals surface area contributed by atoms with E-state index >= 15 is 0 Å². The van der Waals surface area contributed by atoms with Crippen molar-refractivity contribution in [2.24, 2.45) is 0 Å². The van der Waals surface area contributed by atoms with Gasteiger partial charge in [-0.1, -0.05) is 32.5 Å². The molecule has 23 heavy (non-hydrogen) atoms. The summed E-state index contributed by atoms with van der Waals surface area (Å²) >= 11 is 1.59. The fraction of sp³-hybridized carbons (Fsp3) is 0.706. The molecule has 1 unspecified atom stereocenters. The Morgan fingerprint density at radius 2 is 2.00 bits per heavy atom. The molecular weight excluding hydrogens is 310 g/mol. The van der Waals surface area contributed by atoms with Crippen molar-refractivity contribution >= 4 is 17.7 Å². The molecule has 0 N–H and O–H groups in total. The van der Waals surface area contributed by atoms with E-state index < -0.39 is 0 Å². The molecule has 0 aromatic carbocycles. The Balaban J connectivity index is 1.79. The van der Waals surface area contributed by atoms with Gasteiger partial charge in [0.1, 0.15) is 0 Å². The molecule has 0 aliphatic carbocycles. The number of hydrogen-bond acceptors (Lipinski definition) is 4. The summed E-state index contributed by atoms with van der Waals surface area (Å²) < 4.78 is 1.72. The van der Waals surface area contributed by atoms with Gasteiger partial charge in [0.25, 0.3) is 5.56 Å². The summed E-state index contributed by atoms with van der Waals surface area (Å²) in [4.78, 5) is 31.6. The van der Waals surface area contributed by atoms with Crippen LogP contribution in [-0.2, 0) is 10.2 Å². The minimum atomic E-state index is -0.142. The number of piperidine rings is 1. The van der Waals surface area contributed by atoms with Crippen LogP contribution in [0.2, 0.25) is 0 Å². The number of carbonyl (C=O) groups is 1. The highest BCUT2D eigenvalue weighted by molar-refractivity contribution is 7.99. The zero-order valence-corrected chi connectivity index (χ0v) is 15.0. The highest BCUT2D eigenvalue weighted by Gasteiger charge is 2.31. The van der Waals surface area contributed by atoms with E-state index in [-0.39, 0.29) is 22.9 Å². The monoisotopic (exact) mass is 335 g/mol. The van der Waals surface area contributed by atoms with Gasteiger partial charge in [-0.05, 0) is 19.3 Å². The lowest BCUT2D eigenvalue weighted by Crippen LogP contribution is -2.38. The summed E-state index contributed by atoms with van der Waals surface area (Å²) in [5, 5.41) is 0.763. The largest absolute Gasteiger partial charge is 0.343 e. The summed E-state index contributed by atoms with van der Waals surface area (Å²) in [6.07, 6.45) is 3.82. The van der Waals surface area contributed by atoms with E-state index in [1.165, 1.54) is 6.42 Å². The number of rotatable bonds is 2. The van der Waals surface area contributed by atoms with E-state index in [9.17, 15) is 9.59 Å². The van der Waals surface area contributed by atoms with Crippen LogP contribution >= 0.6 is 11.8 Å². The SMILES string of the molecule is CC(C)(C)c1cc(=O)n2c(n1)SCC2CC(=O)N1CCCCC1. The molecule has 1 aromatic rings. The second kappa shape index (κ2) is 6.30. The van der Waals surface area contributed by atoms with Crippen molar-refractivity contribution in [1.29, 1.82) is 0 Å². The number of nitrogens with zero attached hydrogens (tertiary/aromatic N) is 3. The maximum atomic E-state index is 12.5. The van der Waals surface area contributed by atoms with Crippen LogP contribution in [0.15, 0.2) is 16.0 Å². The van der Waals surface area contributed by atoms with Gasteiger partial charge < -0.3 is 4.90 Å². The molecule has 1 aromatic heterocycles. The maximum absolute atomic E-state index is 12.5. The molecule has 2 aliphatic heterocycles. The van der Waals surface area contributed by atoms with Crippen molar-refractivity contribution in [2.75, 3.05) is 18.8 Å². The number of thioether (sulfide) groups is 1. The van der Waals surface area contributed by atoms with Crippen LogP contribution in [0, 0.1) is 0 Å². The Bertz CT molecular complexity index is 657. The maximum Gasteiger partial charge on any atom is 0.254 e. The summed E-state index contributed by atoms with van der Waals surface area (Å²) in [6, 6.07) is 1.58. The Morgan fingerprint density at radius 1 is 1.30 bits per heavy atom. The Kier molecular flexibility index (Phi) is 4.54. The second-order valence-corrected chi connectivity index (χ2v) is 8.48. The van der Waals surface area contributed by atoms with Gasteiger partial charge in [0, 0.05) is 36.7 Å². The lowest BCUT2D eigenvalue weighted by Gasteiger charge is -2.28. The van der Waals surface area contributed by atoms with Crippen molar-refractivity contribution < 1.29 is 4.79 Å². The van der Waals surface area contributed by atoms with E-state index in [2.05, 4.69) is 25.8 Å². The molecule has 1 saturated heterocycles. The molecule has 5 nitrogen and oxygen atoms in total. The van der Waals surface area contributed by atoms with Gasteiger partial charge in [-0.25, -0.2) is 4.98 Å². The fourth-order valence-electron chi connectivity index (χ4n) is 3.16. The Hall–Kier alpha value is -1.30. The van der Waals surface area contributed by atoms with Crippen molar-refractivity contribution in [3.63, 3.8) is 0 Å². The first kappa shape index (κ1) is 16.6. The van der Waals surface area contributed by atoms with Crippen LogP contribution in [0.25, 0.3) is 0 Å². The van der Waals surface area contributed by atoms with Gasteiger partial charge >= 0.3 is 0 Å². The van der Waals surface area contributed by atoms with E-state index in [0.29, 0.717) is 6.42 Å². The van der Waals surface area contributed by atoms with Crippen LogP contribution < -0.4 is 5.56 Å². The predicted molar refractivity (Wildman–Crippen MR) is 92.0 cm³/mol. The molecule has 0 saturated carbocycles. The molecule has 0 radical (unpaired) electrons. The fourth-order valence-corrected chi connectivity index (χ4v) is 4.31. The third-order valence-electron chi connectivity index (χ3n) is 4.58. The molecule has 126 valence electrons. The average Bonchev–Trinajstić information content (AvgIpc) is 2.91. The van der Waals surface area contributed by atoms with Crippen LogP contribution in [0.5, 0.6) is 0 Å². The second-order valence-electron chi connectivity index (χ2n) is 7.49. The van der Waals surface area contributed by atoms with Crippen LogP contribution in [0.1, 0.15) is 58.2 Å². The molecule has 1 amide bonds. The van der Waals surface area contributed by atoms with Crippen molar-refractivity contribution in [2.45, 2.75) is 63.1 Å². The first-order valence-corrected chi connectivity index (χ1v) is 9.39. The first-order chi connectivity index (χ1) is 10.9. The minimum Gasteiger partial charge on any atom is -0.343 e. The molecule has 3 heterocycles. The standard InChI is InChI=1S/C17H25N3O2S/c1-17(2,3)13-10-15(22)20-12(11-23-16(20)18-13)9-14(21)19-7-5-4-6-8-19/h10,12H,4-9,11H2,1-3H3. The number of carbonyl (C=O) groups excluding carboxylic acids is 1. The average molecular weight is 335 g/mol. The zero-order valence-electron chi connectivity index (χ0n) is 14.2. The van der Waals surface area contributed by atoms with Gasteiger partial charge in [-0.2, -0.15) is 0 Å². The predicted octanol–water partition coefficient (Wildman–Crippen LogP) is 2.59. The summed E-state index contributed by atoms with van der Waals surface area (Å²) in [6.45, 7) is 7.90. The van der Waals surface area contributed by atoms with Crippen LogP contribution in [-0.4, -0.2) is 39.2 Å². The van der Waals surface area contributed by atoms with E-state index in [0.717, 1.165) is 42.5 Å². The van der Waals surface area contributed by atoms with Crippen molar-refractivity contribution in [3.8, 4) is 0 Å². The highest BCUT2D eigenvalue weighted by atomic mass is 32.2. The molecule has 0 bridgehead atoms. The van der Waals surface area contributed by atoms with Gasteiger partial charge in [-0.15, -0.1) is 0 Å². The molecule has 2 aliphatic rings. The van der Waals surface area contributed by atoms with Crippen LogP contribution in [0.3, 0.4) is 0 Å². The summed E-state index contributed by atoms with van der Waals surface area (Å²) in [5.41, 5.74) is 0.655. The Labute approximate surface area is 141 Å². The molecule has 1 fully saturated rings. The minimum absolute atomic E-state index is 0.0265. The van der Waals surface area contributed by atoms with Gasteiger partial charge in [0.2, 0.25) is 5.91 Å². The van der Waals surface area contributed by atoms with Gasteiger partial charge in [-0.3, -0.25) is 14.2 Å². The molecule has 0 spiro atoms. The normalized spacial score (nSPS) is 21.3. The quantitative estimate of drug-likeness (QED) is 0.780. The molecule has 1 atom stereocenters. The van der Waals surface area contributed by atoms with Crippen LogP contribution in [0.4, 0.5) is 0 Å². The zero-order chi connectivity index (χ0) is 16.6. The number of amides is 1. The van der Waals surface area contributed by atoms with E-state index in [1.54, 1.807) is 22.4 Å². The Morgan fingerprint density at radius 3 is 2.65 bits per heavy atom. The van der Waals surface area contributed by atoms with E-state index in [4.69, 9.17) is 0 Å². The van der Waals surface area contributed by atoms with Gasteiger partial charge in [0.05, 0.1) is 11.7 Å². The summed E-state index contributed by atoms with van der Waals surface area (Å²) in [7, 11) is 0. The molecular formula is C17H25N3O2S. The molecule has 3 rings (SSSR count). The third kappa shape index (κ3) is 3.47. The number of likely N-dealkylation sites (tertiary alicyclic amines) is 1. The van der Waals surface area contributed by atoms with Crippen molar-refractivity contribution in [3.05, 3.63) is 22.1 Å². The smallest absolute Gasteiger partial charge is 0.254 e. The number of fused-ring (bicyclic) bond motifs is 1. The lowest BCUT2D eigenvalue weighted by molar-refractivity contribution is -0.132. The number of hydrogen-bond donors (Lipinski definition) is 0. The topological polar surface area (TPSA) is 55.2 Å². The highest BCUT2D eigenvalue weighted by Crippen LogP contribution is 2.34. The van der Waals surface area contributed by atoms with Gasteiger partial charge in [0.15, 0.2) is 5.16 Å². The first-order valence-electron chi connectivity index (χ1n) is 8.41. The number of aromatic nitrogens is 2. The lowest BCUT2D eigenvalue weighted by atomic mass is 9.92. The van der Waals surface area contributed by atoms with E-state index in [1.807, 2.05) is 4.90 Å². The third-order valence-corrected chi connectivity index (χ3v) is 5.67.